The Morgan fingerprint density at radius 1 is 1.00 bits per heavy atom. The lowest BCUT2D eigenvalue weighted by Gasteiger charge is -2.07. The van der Waals surface area contributed by atoms with Crippen LogP contribution >= 0.6 is 31.9 Å². The van der Waals surface area contributed by atoms with Crippen molar-refractivity contribution in [3.63, 3.8) is 0 Å². The number of hydrogen-bond acceptors (Lipinski definition) is 1. The lowest BCUT2D eigenvalue weighted by atomic mass is 10.1. The molecule has 0 bridgehead atoms. The minimum Gasteiger partial charge on any atom is -0.472 e. The van der Waals surface area contributed by atoms with E-state index in [9.17, 15) is 0 Å². The molecule has 14 heavy (non-hydrogen) atoms. The van der Waals surface area contributed by atoms with Gasteiger partial charge in [0.15, 0.2) is 0 Å². The quantitative estimate of drug-likeness (QED) is 0.742. The third-order valence-corrected chi connectivity index (χ3v) is 3.58. The second-order valence-corrected chi connectivity index (χ2v) is 4.80. The second kappa shape index (κ2) is 4.32. The van der Waals surface area contributed by atoms with E-state index in [0.29, 0.717) is 0 Å². The zero-order valence-corrected chi connectivity index (χ0v) is 10.5. The number of benzene rings is 1. The number of hydrogen-bond donors (Lipinski definition) is 0. The van der Waals surface area contributed by atoms with Crippen LogP contribution in [0.1, 0.15) is 16.0 Å². The zero-order valence-electron chi connectivity index (χ0n) is 7.28. The Morgan fingerprint density at radius 3 is 2.29 bits per heavy atom. The van der Waals surface area contributed by atoms with Gasteiger partial charge in [0.25, 0.3) is 0 Å². The van der Waals surface area contributed by atoms with Crippen molar-refractivity contribution in [1.82, 2.24) is 0 Å². The fourth-order valence-corrected chi connectivity index (χ4v) is 2.07. The lowest BCUT2D eigenvalue weighted by molar-refractivity contribution is 0.564. The SMILES string of the molecule is Brc1ccc(C(Br)c2ccoc2)cc1. The maximum atomic E-state index is 5.04. The lowest BCUT2D eigenvalue weighted by Crippen LogP contribution is -1.89. The van der Waals surface area contributed by atoms with Crippen molar-refractivity contribution in [3.8, 4) is 0 Å². The molecule has 0 aliphatic carbocycles. The summed E-state index contributed by atoms with van der Waals surface area (Å²) in [4.78, 5) is 0.203. The normalized spacial score (nSPS) is 12.7. The standard InChI is InChI=1S/C11H8Br2O/c12-10-3-1-8(2-4-10)11(13)9-5-6-14-7-9/h1-7,11H. The van der Waals surface area contributed by atoms with Crippen LogP contribution < -0.4 is 0 Å². The first-order valence-electron chi connectivity index (χ1n) is 4.19. The van der Waals surface area contributed by atoms with E-state index in [1.54, 1.807) is 12.5 Å². The van der Waals surface area contributed by atoms with Gasteiger partial charge in [-0.25, -0.2) is 0 Å². The van der Waals surface area contributed by atoms with Gasteiger partial charge in [0.05, 0.1) is 17.4 Å². The number of alkyl halides is 1. The minimum absolute atomic E-state index is 0.203. The Kier molecular flexibility index (Phi) is 3.08. The molecule has 1 atom stereocenters. The first-order chi connectivity index (χ1) is 6.77. The molecule has 0 fully saturated rings. The summed E-state index contributed by atoms with van der Waals surface area (Å²) in [6.07, 6.45) is 3.43. The highest BCUT2D eigenvalue weighted by Gasteiger charge is 2.10. The molecule has 1 aromatic carbocycles. The van der Waals surface area contributed by atoms with Crippen LogP contribution in [-0.2, 0) is 0 Å². The molecule has 0 aliphatic heterocycles. The predicted octanol–water partition coefficient (Wildman–Crippen LogP) is 4.53. The van der Waals surface area contributed by atoms with E-state index < -0.39 is 0 Å². The fraction of sp³-hybridized carbons (Fsp3) is 0.0909. The largest absolute Gasteiger partial charge is 0.472 e. The topological polar surface area (TPSA) is 13.1 Å². The van der Waals surface area contributed by atoms with Gasteiger partial charge in [0, 0.05) is 10.0 Å². The van der Waals surface area contributed by atoms with Gasteiger partial charge in [0.1, 0.15) is 0 Å². The molecule has 2 aromatic rings. The molecular weight excluding hydrogens is 308 g/mol. The van der Waals surface area contributed by atoms with Crippen LogP contribution in [0.5, 0.6) is 0 Å². The first-order valence-corrected chi connectivity index (χ1v) is 5.90. The van der Waals surface area contributed by atoms with Gasteiger partial charge in [-0.15, -0.1) is 0 Å². The van der Waals surface area contributed by atoms with E-state index in [1.807, 2.05) is 18.2 Å². The van der Waals surface area contributed by atoms with Gasteiger partial charge in [-0.2, -0.15) is 0 Å². The van der Waals surface area contributed by atoms with E-state index in [1.165, 1.54) is 5.56 Å². The van der Waals surface area contributed by atoms with E-state index >= 15 is 0 Å². The van der Waals surface area contributed by atoms with Crippen LogP contribution in [0.15, 0.2) is 51.7 Å². The Hall–Kier alpha value is -0.540. The number of halogens is 2. The maximum Gasteiger partial charge on any atom is 0.0949 e. The summed E-state index contributed by atoms with van der Waals surface area (Å²) >= 11 is 7.03. The Labute approximate surface area is 99.4 Å². The molecule has 1 heterocycles. The summed E-state index contributed by atoms with van der Waals surface area (Å²) in [6, 6.07) is 10.2. The molecule has 2 rings (SSSR count). The zero-order chi connectivity index (χ0) is 9.97. The van der Waals surface area contributed by atoms with Crippen LogP contribution in [0.4, 0.5) is 0 Å². The van der Waals surface area contributed by atoms with Gasteiger partial charge in [-0.1, -0.05) is 44.0 Å². The van der Waals surface area contributed by atoms with Gasteiger partial charge in [-0.05, 0) is 23.8 Å². The highest BCUT2D eigenvalue weighted by atomic mass is 79.9. The molecule has 0 saturated carbocycles. The molecular formula is C11H8Br2O. The van der Waals surface area contributed by atoms with Crippen molar-refractivity contribution < 1.29 is 4.42 Å². The van der Waals surface area contributed by atoms with Crippen molar-refractivity contribution in [2.75, 3.05) is 0 Å². The van der Waals surface area contributed by atoms with Crippen LogP contribution in [0.3, 0.4) is 0 Å². The molecule has 0 saturated heterocycles. The molecule has 0 radical (unpaired) electrons. The van der Waals surface area contributed by atoms with E-state index in [-0.39, 0.29) is 4.83 Å². The molecule has 1 unspecified atom stereocenters. The Morgan fingerprint density at radius 2 is 1.71 bits per heavy atom. The summed E-state index contributed by atoms with van der Waals surface area (Å²) < 4.78 is 6.13. The second-order valence-electron chi connectivity index (χ2n) is 2.97. The summed E-state index contributed by atoms with van der Waals surface area (Å²) in [6.45, 7) is 0. The summed E-state index contributed by atoms with van der Waals surface area (Å²) in [5.74, 6) is 0. The maximum absolute atomic E-state index is 5.04. The van der Waals surface area contributed by atoms with Crippen LogP contribution in [-0.4, -0.2) is 0 Å². The summed E-state index contributed by atoms with van der Waals surface area (Å²) in [5.41, 5.74) is 2.35. The number of rotatable bonds is 2. The number of furan rings is 1. The fourth-order valence-electron chi connectivity index (χ4n) is 1.24. The molecule has 1 nitrogen and oxygen atoms in total. The molecule has 0 spiro atoms. The molecule has 3 heteroatoms. The van der Waals surface area contributed by atoms with Crippen LogP contribution in [0.2, 0.25) is 0 Å². The van der Waals surface area contributed by atoms with Crippen molar-refractivity contribution in [2.24, 2.45) is 0 Å². The average molecular weight is 316 g/mol. The van der Waals surface area contributed by atoms with Crippen molar-refractivity contribution in [2.45, 2.75) is 4.83 Å². The van der Waals surface area contributed by atoms with Gasteiger partial charge in [0.2, 0.25) is 0 Å². The van der Waals surface area contributed by atoms with Crippen molar-refractivity contribution >= 4 is 31.9 Å². The molecule has 1 aromatic heterocycles. The summed E-state index contributed by atoms with van der Waals surface area (Å²) in [5, 5.41) is 0. The highest BCUT2D eigenvalue weighted by molar-refractivity contribution is 9.10. The van der Waals surface area contributed by atoms with E-state index in [0.717, 1.165) is 10.0 Å². The summed E-state index contributed by atoms with van der Waals surface area (Å²) in [7, 11) is 0. The van der Waals surface area contributed by atoms with E-state index in [4.69, 9.17) is 4.42 Å². The third kappa shape index (κ3) is 2.10. The van der Waals surface area contributed by atoms with E-state index in [2.05, 4.69) is 44.0 Å². The Balaban J connectivity index is 2.28. The first kappa shape index (κ1) is 9.99. The van der Waals surface area contributed by atoms with Gasteiger partial charge < -0.3 is 4.42 Å². The minimum atomic E-state index is 0.203. The van der Waals surface area contributed by atoms with Crippen LogP contribution in [0, 0.1) is 0 Å². The molecule has 0 N–H and O–H groups in total. The van der Waals surface area contributed by atoms with Gasteiger partial charge in [-0.3, -0.25) is 0 Å². The molecule has 72 valence electrons. The Bertz CT molecular complexity index is 392. The smallest absolute Gasteiger partial charge is 0.0949 e. The van der Waals surface area contributed by atoms with Crippen molar-refractivity contribution in [3.05, 3.63) is 58.5 Å². The third-order valence-electron chi connectivity index (χ3n) is 2.00. The van der Waals surface area contributed by atoms with Crippen LogP contribution in [0.25, 0.3) is 0 Å². The highest BCUT2D eigenvalue weighted by Crippen LogP contribution is 2.31. The monoisotopic (exact) mass is 314 g/mol. The molecule has 0 aliphatic rings. The average Bonchev–Trinajstić information content (AvgIpc) is 2.71. The van der Waals surface area contributed by atoms with Crippen molar-refractivity contribution in [1.29, 1.82) is 0 Å². The van der Waals surface area contributed by atoms with Gasteiger partial charge >= 0.3 is 0 Å². The molecule has 0 amide bonds. The predicted molar refractivity (Wildman–Crippen MR) is 63.6 cm³/mol.